The Labute approximate surface area is 89.1 Å². The van der Waals surface area contributed by atoms with Crippen LogP contribution in [-0.2, 0) is 16.0 Å². The van der Waals surface area contributed by atoms with Crippen LogP contribution in [0.25, 0.3) is 0 Å². The number of carbonyl (C=O) groups is 1. The Balaban J connectivity index is 2.54. The van der Waals surface area contributed by atoms with Gasteiger partial charge in [-0.15, -0.1) is 0 Å². The molecule has 0 aliphatic rings. The zero-order valence-corrected chi connectivity index (χ0v) is 9.00. The lowest BCUT2D eigenvalue weighted by atomic mass is 10.0. The second kappa shape index (κ2) is 5.49. The molecule has 0 spiro atoms. The summed E-state index contributed by atoms with van der Waals surface area (Å²) < 4.78 is 17.5. The third kappa shape index (κ3) is 3.70. The van der Waals surface area contributed by atoms with Crippen LogP contribution in [-0.4, -0.2) is 12.6 Å². The van der Waals surface area contributed by atoms with Gasteiger partial charge in [-0.05, 0) is 31.0 Å². The molecule has 1 atom stereocenters. The highest BCUT2D eigenvalue weighted by molar-refractivity contribution is 5.72. The maximum absolute atomic E-state index is 12.6. The third-order valence-corrected chi connectivity index (χ3v) is 2.14. The molecule has 0 heterocycles. The molecule has 1 rings (SSSR count). The fourth-order valence-corrected chi connectivity index (χ4v) is 1.34. The molecule has 0 fully saturated rings. The Kier molecular flexibility index (Phi) is 4.28. The van der Waals surface area contributed by atoms with Gasteiger partial charge in [-0.2, -0.15) is 0 Å². The Hall–Kier alpha value is -1.38. The zero-order chi connectivity index (χ0) is 11.3. The molecule has 0 saturated heterocycles. The third-order valence-electron chi connectivity index (χ3n) is 2.14. The topological polar surface area (TPSA) is 26.3 Å². The van der Waals surface area contributed by atoms with Crippen molar-refractivity contribution in [2.45, 2.75) is 20.3 Å². The number of carbonyl (C=O) groups excluding carboxylic acids is 1. The van der Waals surface area contributed by atoms with E-state index in [9.17, 15) is 9.18 Å². The van der Waals surface area contributed by atoms with Crippen LogP contribution < -0.4 is 0 Å². The zero-order valence-electron chi connectivity index (χ0n) is 9.00. The quantitative estimate of drug-likeness (QED) is 0.714. The van der Waals surface area contributed by atoms with E-state index in [1.54, 1.807) is 26.0 Å². The highest BCUT2D eigenvalue weighted by Gasteiger charge is 2.14. The van der Waals surface area contributed by atoms with Crippen LogP contribution in [0.2, 0.25) is 0 Å². The largest absolute Gasteiger partial charge is 0.466 e. The second-order valence-electron chi connectivity index (χ2n) is 3.48. The van der Waals surface area contributed by atoms with Crippen molar-refractivity contribution < 1.29 is 13.9 Å². The van der Waals surface area contributed by atoms with Crippen LogP contribution in [0.5, 0.6) is 0 Å². The first kappa shape index (κ1) is 11.7. The summed E-state index contributed by atoms with van der Waals surface area (Å²) in [4.78, 5) is 11.3. The van der Waals surface area contributed by atoms with Crippen molar-refractivity contribution >= 4 is 5.97 Å². The SMILES string of the molecule is CCOC(=O)[C@@H](C)Cc1ccc(F)cc1. The molecule has 0 radical (unpaired) electrons. The molecule has 0 saturated carbocycles. The second-order valence-corrected chi connectivity index (χ2v) is 3.48. The van der Waals surface area contributed by atoms with Gasteiger partial charge in [0.1, 0.15) is 5.82 Å². The van der Waals surface area contributed by atoms with E-state index < -0.39 is 0 Å². The molecule has 0 aliphatic carbocycles. The number of ether oxygens (including phenoxy) is 1. The minimum absolute atomic E-state index is 0.185. The molecule has 0 aromatic heterocycles. The maximum Gasteiger partial charge on any atom is 0.308 e. The van der Waals surface area contributed by atoms with Gasteiger partial charge in [-0.3, -0.25) is 4.79 Å². The average Bonchev–Trinajstić information content (AvgIpc) is 2.22. The first-order valence-corrected chi connectivity index (χ1v) is 5.04. The fourth-order valence-electron chi connectivity index (χ4n) is 1.34. The normalized spacial score (nSPS) is 12.2. The lowest BCUT2D eigenvalue weighted by Gasteiger charge is -2.10. The van der Waals surface area contributed by atoms with Gasteiger partial charge in [0, 0.05) is 0 Å². The van der Waals surface area contributed by atoms with Crippen molar-refractivity contribution in [3.8, 4) is 0 Å². The molecule has 1 aromatic rings. The van der Waals surface area contributed by atoms with Crippen molar-refractivity contribution in [2.75, 3.05) is 6.61 Å². The van der Waals surface area contributed by atoms with Crippen molar-refractivity contribution in [1.29, 1.82) is 0 Å². The van der Waals surface area contributed by atoms with Crippen molar-refractivity contribution in [1.82, 2.24) is 0 Å². The van der Waals surface area contributed by atoms with Gasteiger partial charge in [-0.25, -0.2) is 4.39 Å². The Morgan fingerprint density at radius 1 is 1.40 bits per heavy atom. The Morgan fingerprint density at radius 3 is 2.53 bits per heavy atom. The molecule has 3 heteroatoms. The first-order valence-electron chi connectivity index (χ1n) is 5.04. The average molecular weight is 210 g/mol. The van der Waals surface area contributed by atoms with Gasteiger partial charge >= 0.3 is 5.97 Å². The summed E-state index contributed by atoms with van der Waals surface area (Å²) in [5, 5.41) is 0. The van der Waals surface area contributed by atoms with E-state index >= 15 is 0 Å². The number of rotatable bonds is 4. The van der Waals surface area contributed by atoms with E-state index in [0.717, 1.165) is 5.56 Å². The molecule has 82 valence electrons. The summed E-state index contributed by atoms with van der Waals surface area (Å²) in [5.74, 6) is -0.653. The van der Waals surface area contributed by atoms with Gasteiger partial charge in [0.05, 0.1) is 12.5 Å². The number of hydrogen-bond acceptors (Lipinski definition) is 2. The van der Waals surface area contributed by atoms with Gasteiger partial charge in [0.25, 0.3) is 0 Å². The van der Waals surface area contributed by atoms with Gasteiger partial charge < -0.3 is 4.74 Å². The maximum atomic E-state index is 12.6. The van der Waals surface area contributed by atoms with E-state index in [1.165, 1.54) is 12.1 Å². The summed E-state index contributed by atoms with van der Waals surface area (Å²) in [6.45, 7) is 3.98. The molecular weight excluding hydrogens is 195 g/mol. The van der Waals surface area contributed by atoms with Gasteiger partial charge in [-0.1, -0.05) is 19.1 Å². The minimum atomic E-state index is -0.262. The van der Waals surface area contributed by atoms with Crippen LogP contribution in [0.4, 0.5) is 4.39 Å². The minimum Gasteiger partial charge on any atom is -0.466 e. The van der Waals surface area contributed by atoms with Crippen molar-refractivity contribution in [3.05, 3.63) is 35.6 Å². The van der Waals surface area contributed by atoms with E-state index in [2.05, 4.69) is 0 Å². The molecular formula is C12H15FO2. The number of halogens is 1. The van der Waals surface area contributed by atoms with Crippen molar-refractivity contribution in [2.24, 2.45) is 5.92 Å². The van der Waals surface area contributed by atoms with Crippen LogP contribution in [0.1, 0.15) is 19.4 Å². The van der Waals surface area contributed by atoms with E-state index in [-0.39, 0.29) is 17.7 Å². The monoisotopic (exact) mass is 210 g/mol. The van der Waals surface area contributed by atoms with E-state index in [4.69, 9.17) is 4.74 Å². The fraction of sp³-hybridized carbons (Fsp3) is 0.417. The highest BCUT2D eigenvalue weighted by Crippen LogP contribution is 2.10. The summed E-state index contributed by atoms with van der Waals surface area (Å²) in [6, 6.07) is 6.16. The van der Waals surface area contributed by atoms with Crippen LogP contribution in [0.3, 0.4) is 0 Å². The van der Waals surface area contributed by atoms with Crippen LogP contribution in [0.15, 0.2) is 24.3 Å². The lowest BCUT2D eigenvalue weighted by molar-refractivity contribution is -0.147. The van der Waals surface area contributed by atoms with Crippen molar-refractivity contribution in [3.63, 3.8) is 0 Å². The summed E-state index contributed by atoms with van der Waals surface area (Å²) in [5.41, 5.74) is 0.942. The predicted octanol–water partition coefficient (Wildman–Crippen LogP) is 2.57. The van der Waals surface area contributed by atoms with E-state index in [0.29, 0.717) is 13.0 Å². The smallest absolute Gasteiger partial charge is 0.308 e. The van der Waals surface area contributed by atoms with Gasteiger partial charge in [0.2, 0.25) is 0 Å². The summed E-state index contributed by atoms with van der Waals surface area (Å²) in [7, 11) is 0. The lowest BCUT2D eigenvalue weighted by Crippen LogP contribution is -2.16. The van der Waals surface area contributed by atoms with Crippen LogP contribution >= 0.6 is 0 Å². The molecule has 15 heavy (non-hydrogen) atoms. The summed E-state index contributed by atoms with van der Waals surface area (Å²) >= 11 is 0. The molecule has 0 N–H and O–H groups in total. The standard InChI is InChI=1S/C12H15FO2/c1-3-15-12(14)9(2)8-10-4-6-11(13)7-5-10/h4-7,9H,3,8H2,1-2H3/t9-/m0/s1. The number of esters is 1. The van der Waals surface area contributed by atoms with E-state index in [1.807, 2.05) is 0 Å². The number of hydrogen-bond donors (Lipinski definition) is 0. The molecule has 0 amide bonds. The van der Waals surface area contributed by atoms with Gasteiger partial charge in [0.15, 0.2) is 0 Å². The van der Waals surface area contributed by atoms with Crippen LogP contribution in [0, 0.1) is 11.7 Å². The predicted molar refractivity (Wildman–Crippen MR) is 55.9 cm³/mol. The summed E-state index contributed by atoms with van der Waals surface area (Å²) in [6.07, 6.45) is 0.582. The highest BCUT2D eigenvalue weighted by atomic mass is 19.1. The Bertz CT molecular complexity index is 319. The molecule has 0 unspecified atom stereocenters. The molecule has 2 nitrogen and oxygen atoms in total. The first-order chi connectivity index (χ1) is 7.13. The Morgan fingerprint density at radius 2 is 2.00 bits per heavy atom. The molecule has 1 aromatic carbocycles. The molecule has 0 aliphatic heterocycles. The number of benzene rings is 1. The molecule has 0 bridgehead atoms.